The Kier molecular flexibility index (Phi) is 3.91. The minimum Gasteiger partial charge on any atom is -0.377 e. The van der Waals surface area contributed by atoms with E-state index in [1.165, 1.54) is 0 Å². The van der Waals surface area contributed by atoms with Crippen LogP contribution in [0.4, 0.5) is 0 Å². The van der Waals surface area contributed by atoms with E-state index < -0.39 is 0 Å². The van der Waals surface area contributed by atoms with Gasteiger partial charge in [0.2, 0.25) is 0 Å². The molecule has 62 valence electrons. The van der Waals surface area contributed by atoms with Gasteiger partial charge in [0.05, 0.1) is 5.60 Å². The average molecular weight is 145 g/mol. The summed E-state index contributed by atoms with van der Waals surface area (Å²) in [7, 11) is 1.73. The number of hydrogen-bond donors (Lipinski definition) is 1. The Labute approximate surface area is 63.7 Å². The van der Waals surface area contributed by atoms with Gasteiger partial charge in [0.25, 0.3) is 0 Å². The van der Waals surface area contributed by atoms with Crippen LogP contribution in [0, 0.1) is 5.92 Å². The lowest BCUT2D eigenvalue weighted by Crippen LogP contribution is -2.44. The number of nitrogens with two attached hydrogens (primary N) is 1. The first kappa shape index (κ1) is 9.92. The Hall–Kier alpha value is -0.0800. The molecule has 10 heavy (non-hydrogen) atoms. The molecule has 0 aromatic carbocycles. The predicted molar refractivity (Wildman–Crippen MR) is 43.9 cm³/mol. The van der Waals surface area contributed by atoms with Crippen LogP contribution in [0.3, 0.4) is 0 Å². The third-order valence-corrected chi connectivity index (χ3v) is 2.40. The molecule has 2 N–H and O–H groups in total. The van der Waals surface area contributed by atoms with Gasteiger partial charge in [-0.2, -0.15) is 0 Å². The number of rotatable bonds is 4. The molecule has 0 aliphatic rings. The van der Waals surface area contributed by atoms with Crippen molar-refractivity contribution in [3.63, 3.8) is 0 Å². The lowest BCUT2D eigenvalue weighted by molar-refractivity contribution is -0.0428. The predicted octanol–water partition coefficient (Wildman–Crippen LogP) is 1.40. The molecule has 0 saturated heterocycles. The van der Waals surface area contributed by atoms with Crippen molar-refractivity contribution in [2.24, 2.45) is 11.7 Å². The lowest BCUT2D eigenvalue weighted by atomic mass is 9.88. The van der Waals surface area contributed by atoms with Gasteiger partial charge in [0, 0.05) is 13.7 Å². The van der Waals surface area contributed by atoms with Crippen LogP contribution in [0.5, 0.6) is 0 Å². The van der Waals surface area contributed by atoms with Crippen molar-refractivity contribution in [1.29, 1.82) is 0 Å². The molecule has 0 spiro atoms. The molecule has 0 bridgehead atoms. The summed E-state index contributed by atoms with van der Waals surface area (Å²) in [5.41, 5.74) is 5.51. The largest absolute Gasteiger partial charge is 0.377 e. The number of methoxy groups -OCH3 is 1. The smallest absolute Gasteiger partial charge is 0.0820 e. The minimum absolute atomic E-state index is 0.0972. The second-order valence-corrected chi connectivity index (χ2v) is 2.98. The Morgan fingerprint density at radius 3 is 2.00 bits per heavy atom. The summed E-state index contributed by atoms with van der Waals surface area (Å²) in [5.74, 6) is 0.493. The fourth-order valence-electron chi connectivity index (χ4n) is 1.25. The van der Waals surface area contributed by atoms with Gasteiger partial charge in [0.1, 0.15) is 0 Å². The van der Waals surface area contributed by atoms with Crippen molar-refractivity contribution in [3.05, 3.63) is 0 Å². The summed E-state index contributed by atoms with van der Waals surface area (Å²) in [6.45, 7) is 6.99. The van der Waals surface area contributed by atoms with E-state index in [0.29, 0.717) is 12.5 Å². The van der Waals surface area contributed by atoms with Crippen molar-refractivity contribution in [3.8, 4) is 0 Å². The van der Waals surface area contributed by atoms with Crippen molar-refractivity contribution in [2.75, 3.05) is 13.7 Å². The van der Waals surface area contributed by atoms with Crippen LogP contribution in [0.15, 0.2) is 0 Å². The van der Waals surface area contributed by atoms with Gasteiger partial charge < -0.3 is 10.5 Å². The first-order chi connectivity index (χ1) is 4.63. The molecule has 0 saturated carbocycles. The number of hydrogen-bond acceptors (Lipinski definition) is 2. The molecule has 0 amide bonds. The molecule has 2 heteroatoms. The van der Waals surface area contributed by atoms with Gasteiger partial charge >= 0.3 is 0 Å². The molecule has 0 rings (SSSR count). The summed E-state index contributed by atoms with van der Waals surface area (Å²) >= 11 is 0. The molecule has 0 aliphatic heterocycles. The zero-order valence-electron chi connectivity index (χ0n) is 7.48. The van der Waals surface area contributed by atoms with E-state index in [1.54, 1.807) is 7.11 Å². The molecule has 0 fully saturated rings. The minimum atomic E-state index is -0.0972. The van der Waals surface area contributed by atoms with Crippen LogP contribution in [0.2, 0.25) is 0 Å². The highest BCUT2D eigenvalue weighted by atomic mass is 16.5. The maximum absolute atomic E-state index is 5.60. The first-order valence-corrected chi connectivity index (χ1v) is 3.88. The zero-order valence-corrected chi connectivity index (χ0v) is 7.48. The second-order valence-electron chi connectivity index (χ2n) is 2.98. The normalized spacial score (nSPS) is 17.4. The van der Waals surface area contributed by atoms with E-state index in [-0.39, 0.29) is 5.60 Å². The molecule has 0 heterocycles. The highest BCUT2D eigenvalue weighted by Gasteiger charge is 2.29. The van der Waals surface area contributed by atoms with E-state index in [2.05, 4.69) is 20.8 Å². The Morgan fingerprint density at radius 2 is 2.00 bits per heavy atom. The monoisotopic (exact) mass is 145 g/mol. The van der Waals surface area contributed by atoms with Gasteiger partial charge in [-0.05, 0) is 12.3 Å². The fraction of sp³-hybridized carbons (Fsp3) is 1.00. The molecular formula is C8H19NO. The standard InChI is InChI=1S/C8H19NO/c1-5-8(6-9,10-4)7(2)3/h7H,5-6,9H2,1-4H3. The third kappa shape index (κ3) is 1.70. The molecular weight excluding hydrogens is 126 g/mol. The first-order valence-electron chi connectivity index (χ1n) is 3.88. The van der Waals surface area contributed by atoms with Crippen LogP contribution >= 0.6 is 0 Å². The summed E-state index contributed by atoms with van der Waals surface area (Å²) in [6, 6.07) is 0. The van der Waals surface area contributed by atoms with Crippen molar-refractivity contribution >= 4 is 0 Å². The summed E-state index contributed by atoms with van der Waals surface area (Å²) < 4.78 is 5.37. The third-order valence-electron chi connectivity index (χ3n) is 2.40. The SMILES string of the molecule is CCC(CN)(OC)C(C)C. The number of ether oxygens (including phenoxy) is 1. The summed E-state index contributed by atoms with van der Waals surface area (Å²) in [4.78, 5) is 0. The molecule has 0 aromatic rings. The molecule has 0 aromatic heterocycles. The highest BCUT2D eigenvalue weighted by molar-refractivity contribution is 4.82. The van der Waals surface area contributed by atoms with Crippen molar-refractivity contribution in [2.45, 2.75) is 32.8 Å². The van der Waals surface area contributed by atoms with Crippen LogP contribution in [-0.2, 0) is 4.74 Å². The van der Waals surface area contributed by atoms with Crippen LogP contribution in [-0.4, -0.2) is 19.3 Å². The van der Waals surface area contributed by atoms with Crippen LogP contribution in [0.25, 0.3) is 0 Å². The topological polar surface area (TPSA) is 35.2 Å². The van der Waals surface area contributed by atoms with Crippen LogP contribution < -0.4 is 5.73 Å². The molecule has 0 aliphatic carbocycles. The van der Waals surface area contributed by atoms with Gasteiger partial charge in [-0.3, -0.25) is 0 Å². The Bertz CT molecular complexity index is 79.0. The van der Waals surface area contributed by atoms with Crippen LogP contribution in [0.1, 0.15) is 27.2 Å². The van der Waals surface area contributed by atoms with E-state index in [9.17, 15) is 0 Å². The quantitative estimate of drug-likeness (QED) is 0.649. The van der Waals surface area contributed by atoms with Crippen molar-refractivity contribution < 1.29 is 4.74 Å². The molecule has 1 atom stereocenters. The van der Waals surface area contributed by atoms with E-state index in [4.69, 9.17) is 10.5 Å². The summed E-state index contributed by atoms with van der Waals surface area (Å²) in [5, 5.41) is 0. The Balaban J connectivity index is 4.15. The maximum Gasteiger partial charge on any atom is 0.0820 e. The molecule has 1 unspecified atom stereocenters. The fourth-order valence-corrected chi connectivity index (χ4v) is 1.25. The summed E-state index contributed by atoms with van der Waals surface area (Å²) in [6.07, 6.45) is 0.984. The van der Waals surface area contributed by atoms with Gasteiger partial charge in [-0.1, -0.05) is 20.8 Å². The molecule has 2 nitrogen and oxygen atoms in total. The zero-order chi connectivity index (χ0) is 8.20. The van der Waals surface area contributed by atoms with Gasteiger partial charge in [-0.25, -0.2) is 0 Å². The van der Waals surface area contributed by atoms with E-state index in [0.717, 1.165) is 6.42 Å². The molecule has 0 radical (unpaired) electrons. The second kappa shape index (κ2) is 3.94. The van der Waals surface area contributed by atoms with Gasteiger partial charge in [0.15, 0.2) is 0 Å². The van der Waals surface area contributed by atoms with E-state index >= 15 is 0 Å². The van der Waals surface area contributed by atoms with Crippen molar-refractivity contribution in [1.82, 2.24) is 0 Å². The maximum atomic E-state index is 5.60. The average Bonchev–Trinajstić information content (AvgIpc) is 1.92. The lowest BCUT2D eigenvalue weighted by Gasteiger charge is -2.33. The highest BCUT2D eigenvalue weighted by Crippen LogP contribution is 2.23. The Morgan fingerprint density at radius 1 is 1.50 bits per heavy atom. The van der Waals surface area contributed by atoms with E-state index in [1.807, 2.05) is 0 Å². The van der Waals surface area contributed by atoms with Gasteiger partial charge in [-0.15, -0.1) is 0 Å².